The molecule has 0 aromatic heterocycles. The lowest BCUT2D eigenvalue weighted by molar-refractivity contribution is -0.140. The van der Waals surface area contributed by atoms with E-state index >= 15 is 0 Å². The molecule has 108 valence electrons. The molecule has 0 aliphatic carbocycles. The highest BCUT2D eigenvalue weighted by Crippen LogP contribution is 1.79. The minimum Gasteiger partial charge on any atom is -0.466 e. The van der Waals surface area contributed by atoms with E-state index in [2.05, 4.69) is 14.7 Å². The molecule has 0 saturated carbocycles. The molecule has 0 aliphatic rings. The zero-order chi connectivity index (χ0) is 15.5. The Kier molecular flexibility index (Phi) is 18.6. The molecule has 0 fully saturated rings. The van der Waals surface area contributed by atoms with Gasteiger partial charge >= 0.3 is 5.97 Å². The van der Waals surface area contributed by atoms with Crippen molar-refractivity contribution in [3.05, 3.63) is 36.4 Å². The lowest BCUT2D eigenvalue weighted by atomic mass is 10.4. The first-order chi connectivity index (χ1) is 9.68. The Balaban J connectivity index is 0. The van der Waals surface area contributed by atoms with Gasteiger partial charge in [0.15, 0.2) is 0 Å². The second-order valence-electron chi connectivity index (χ2n) is 3.03. The van der Waals surface area contributed by atoms with Gasteiger partial charge in [-0.3, -0.25) is 4.79 Å². The van der Waals surface area contributed by atoms with E-state index in [-0.39, 0.29) is 19.1 Å². The summed E-state index contributed by atoms with van der Waals surface area (Å²) in [4.78, 5) is 34.8. The van der Waals surface area contributed by atoms with Gasteiger partial charge in [0.2, 0.25) is 12.2 Å². The first-order valence-electron chi connectivity index (χ1n) is 5.89. The molecule has 0 saturated heterocycles. The minimum atomic E-state index is -0.211. The average Bonchev–Trinajstić information content (AvgIpc) is 2.47. The Morgan fingerprint density at radius 2 is 1.30 bits per heavy atom. The summed E-state index contributed by atoms with van der Waals surface area (Å²) < 4.78 is 4.40. The summed E-state index contributed by atoms with van der Waals surface area (Å²) in [7, 11) is 0. The van der Waals surface area contributed by atoms with Crippen LogP contribution in [0.15, 0.2) is 46.4 Å². The molecular weight excluding hydrogens is 260 g/mol. The Morgan fingerprint density at radius 1 is 0.950 bits per heavy atom. The summed E-state index contributed by atoms with van der Waals surface area (Å²) in [5.41, 5.74) is 0. The van der Waals surface area contributed by atoms with Gasteiger partial charge in [-0.2, -0.15) is 0 Å². The monoisotopic (exact) mass is 278 g/mol. The van der Waals surface area contributed by atoms with E-state index in [1.165, 1.54) is 19.1 Å². The predicted molar refractivity (Wildman–Crippen MR) is 74.7 cm³/mol. The van der Waals surface area contributed by atoms with E-state index in [1.807, 2.05) is 36.4 Å². The number of hydrogen-bond acceptors (Lipinski definition) is 6. The molecular formula is C14H18N2O4. The van der Waals surface area contributed by atoms with Crippen LogP contribution in [0.3, 0.4) is 0 Å². The minimum absolute atomic E-state index is 0.211. The van der Waals surface area contributed by atoms with E-state index in [4.69, 9.17) is 0 Å². The summed E-state index contributed by atoms with van der Waals surface area (Å²) in [5, 5.41) is 0. The van der Waals surface area contributed by atoms with Crippen molar-refractivity contribution >= 4 is 18.1 Å². The highest BCUT2D eigenvalue weighted by molar-refractivity contribution is 5.65. The number of aliphatic imine (C=N–C) groups is 2. The number of hydrogen-bond donors (Lipinski definition) is 0. The Labute approximate surface area is 118 Å². The first kappa shape index (κ1) is 19.8. The fourth-order valence-corrected chi connectivity index (χ4v) is 0.779. The zero-order valence-electron chi connectivity index (χ0n) is 11.6. The third-order valence-corrected chi connectivity index (χ3v) is 1.47. The molecule has 20 heavy (non-hydrogen) atoms. The van der Waals surface area contributed by atoms with Crippen LogP contribution in [0.1, 0.15) is 13.8 Å². The molecule has 0 radical (unpaired) electrons. The lowest BCUT2D eigenvalue weighted by Crippen LogP contribution is -1.95. The van der Waals surface area contributed by atoms with Crippen molar-refractivity contribution < 1.29 is 19.1 Å². The van der Waals surface area contributed by atoms with Gasteiger partial charge in [-0.1, -0.05) is 36.4 Å². The number of carbonyl (C=O) groups excluding carboxylic acids is 3. The number of isocyanates is 2. The fraction of sp³-hybridized carbons (Fsp3) is 0.357. The topological polar surface area (TPSA) is 85.2 Å². The van der Waals surface area contributed by atoms with E-state index in [0.29, 0.717) is 6.61 Å². The molecule has 0 N–H and O–H groups in total. The van der Waals surface area contributed by atoms with Crippen molar-refractivity contribution in [1.82, 2.24) is 0 Å². The molecule has 1 aromatic carbocycles. The lowest BCUT2D eigenvalue weighted by Gasteiger charge is -1.89. The number of carbonyl (C=O) groups is 1. The summed E-state index contributed by atoms with van der Waals surface area (Å²) in [6.45, 7) is 4.09. The van der Waals surface area contributed by atoms with Crippen LogP contribution < -0.4 is 0 Å². The number of esters is 1. The van der Waals surface area contributed by atoms with Gasteiger partial charge in [-0.15, -0.1) is 0 Å². The molecule has 0 unspecified atom stereocenters. The number of ether oxygens (including phenoxy) is 1. The summed E-state index contributed by atoms with van der Waals surface area (Å²) in [5.74, 6) is -0.211. The van der Waals surface area contributed by atoms with Crippen molar-refractivity contribution in [3.8, 4) is 0 Å². The largest absolute Gasteiger partial charge is 0.466 e. The van der Waals surface area contributed by atoms with Crippen molar-refractivity contribution in [2.75, 3.05) is 19.7 Å². The molecule has 6 heteroatoms. The van der Waals surface area contributed by atoms with Crippen molar-refractivity contribution in [2.24, 2.45) is 9.98 Å². The second kappa shape index (κ2) is 18.8. The van der Waals surface area contributed by atoms with E-state index < -0.39 is 0 Å². The Hall–Kier alpha value is -2.55. The normalized spacial score (nSPS) is 7.30. The van der Waals surface area contributed by atoms with Crippen LogP contribution >= 0.6 is 0 Å². The van der Waals surface area contributed by atoms with Crippen molar-refractivity contribution in [2.45, 2.75) is 13.8 Å². The molecule has 1 aromatic rings. The van der Waals surface area contributed by atoms with Crippen molar-refractivity contribution in [1.29, 1.82) is 0 Å². The van der Waals surface area contributed by atoms with Crippen LogP contribution in [0.4, 0.5) is 0 Å². The molecule has 1 rings (SSSR count). The fourth-order valence-electron chi connectivity index (χ4n) is 0.779. The molecule has 0 atom stereocenters. The van der Waals surface area contributed by atoms with E-state index in [0.717, 1.165) is 0 Å². The Bertz CT molecular complexity index is 377. The number of benzene rings is 1. The standard InChI is InChI=1S/C6H6.C4H4N2O2.C4H8O2/c1-2-4-6-5-3-1;7-3-5-1-2-6-4-8;1-3-6-4(2)5/h1-6H;1-2H2;3H2,1-2H3. The molecule has 0 aliphatic heterocycles. The third kappa shape index (κ3) is 24.6. The van der Waals surface area contributed by atoms with Crippen LogP contribution in [-0.4, -0.2) is 37.8 Å². The molecule has 6 nitrogen and oxygen atoms in total. The maximum atomic E-state index is 9.82. The van der Waals surface area contributed by atoms with Gasteiger partial charge in [0.1, 0.15) is 0 Å². The number of nitrogens with zero attached hydrogens (tertiary/aromatic N) is 2. The Morgan fingerprint density at radius 3 is 1.45 bits per heavy atom. The van der Waals surface area contributed by atoms with E-state index in [1.54, 1.807) is 6.92 Å². The van der Waals surface area contributed by atoms with Crippen LogP contribution in [0.2, 0.25) is 0 Å². The van der Waals surface area contributed by atoms with Gasteiger partial charge < -0.3 is 4.74 Å². The summed E-state index contributed by atoms with van der Waals surface area (Å²) in [6.07, 6.45) is 2.62. The zero-order valence-corrected chi connectivity index (χ0v) is 11.6. The summed E-state index contributed by atoms with van der Waals surface area (Å²) >= 11 is 0. The smallest absolute Gasteiger partial charge is 0.302 e. The molecule has 0 heterocycles. The van der Waals surface area contributed by atoms with Crippen LogP contribution in [-0.2, 0) is 19.1 Å². The van der Waals surface area contributed by atoms with Crippen LogP contribution in [0, 0.1) is 0 Å². The van der Waals surface area contributed by atoms with Gasteiger partial charge in [-0.25, -0.2) is 19.6 Å². The second-order valence-corrected chi connectivity index (χ2v) is 3.03. The highest BCUT2D eigenvalue weighted by atomic mass is 16.5. The van der Waals surface area contributed by atoms with Gasteiger partial charge in [0, 0.05) is 6.92 Å². The van der Waals surface area contributed by atoms with Crippen LogP contribution in [0.5, 0.6) is 0 Å². The highest BCUT2D eigenvalue weighted by Gasteiger charge is 1.81. The average molecular weight is 278 g/mol. The summed E-state index contributed by atoms with van der Waals surface area (Å²) in [6, 6.07) is 12.0. The molecule has 0 bridgehead atoms. The maximum Gasteiger partial charge on any atom is 0.302 e. The quantitative estimate of drug-likeness (QED) is 0.364. The van der Waals surface area contributed by atoms with Gasteiger partial charge in [0.25, 0.3) is 0 Å². The number of rotatable bonds is 4. The van der Waals surface area contributed by atoms with Crippen LogP contribution in [0.25, 0.3) is 0 Å². The van der Waals surface area contributed by atoms with Gasteiger partial charge in [-0.05, 0) is 6.92 Å². The predicted octanol–water partition coefficient (Wildman–Crippen LogP) is 1.91. The first-order valence-corrected chi connectivity index (χ1v) is 5.89. The van der Waals surface area contributed by atoms with Gasteiger partial charge in [0.05, 0.1) is 19.7 Å². The third-order valence-electron chi connectivity index (χ3n) is 1.47. The van der Waals surface area contributed by atoms with Crippen molar-refractivity contribution in [3.63, 3.8) is 0 Å². The SMILES string of the molecule is CCOC(C)=O.O=C=NCCN=C=O.c1ccccc1. The molecule has 0 amide bonds. The van der Waals surface area contributed by atoms with E-state index in [9.17, 15) is 14.4 Å². The maximum absolute atomic E-state index is 9.82. The molecule has 0 spiro atoms.